The highest BCUT2D eigenvalue weighted by molar-refractivity contribution is 5.92. The maximum atomic E-state index is 13.1. The molecule has 8 nitrogen and oxygen atoms in total. The second kappa shape index (κ2) is 11.2. The van der Waals surface area contributed by atoms with E-state index in [0.29, 0.717) is 19.6 Å². The molecule has 1 unspecified atom stereocenters. The molecule has 1 spiro atoms. The first kappa shape index (κ1) is 25.2. The molecule has 0 bridgehead atoms. The normalized spacial score (nSPS) is 17.6. The molecular weight excluding hydrogens is 460 g/mol. The summed E-state index contributed by atoms with van der Waals surface area (Å²) in [6.45, 7) is 3.19. The number of carbonyl (C=O) groups is 2. The SMILES string of the molecule is CCc1ccccc1-c1ccc2c(c1)C(NC(=O)c1cc(=O)cc[nH]1)CC1(CCOCC1)O2.O=CO. The van der Waals surface area contributed by atoms with Gasteiger partial charge in [0.15, 0.2) is 5.43 Å². The van der Waals surface area contributed by atoms with Gasteiger partial charge in [-0.25, -0.2) is 0 Å². The average Bonchev–Trinajstić information content (AvgIpc) is 2.89. The Hall–Kier alpha value is -3.91. The molecule has 1 aromatic heterocycles. The molecule has 1 fully saturated rings. The number of benzene rings is 2. The van der Waals surface area contributed by atoms with Crippen LogP contribution in [0.4, 0.5) is 0 Å². The molecule has 188 valence electrons. The van der Waals surface area contributed by atoms with E-state index in [1.807, 2.05) is 12.1 Å². The van der Waals surface area contributed by atoms with Gasteiger partial charge in [-0.1, -0.05) is 37.3 Å². The van der Waals surface area contributed by atoms with E-state index in [4.69, 9.17) is 19.4 Å². The van der Waals surface area contributed by atoms with Crippen molar-refractivity contribution in [3.8, 4) is 16.9 Å². The second-order valence-corrected chi connectivity index (χ2v) is 8.93. The molecule has 3 heterocycles. The number of ether oxygens (including phenoxy) is 2. The molecule has 3 N–H and O–H groups in total. The molecule has 2 aliphatic heterocycles. The lowest BCUT2D eigenvalue weighted by Crippen LogP contribution is -2.48. The lowest BCUT2D eigenvalue weighted by molar-refractivity contribution is -0.122. The molecule has 5 rings (SSSR count). The van der Waals surface area contributed by atoms with Gasteiger partial charge in [-0.15, -0.1) is 0 Å². The van der Waals surface area contributed by atoms with Crippen molar-refractivity contribution in [3.63, 3.8) is 0 Å². The summed E-state index contributed by atoms with van der Waals surface area (Å²) >= 11 is 0. The molecule has 0 aliphatic carbocycles. The molecule has 0 saturated carbocycles. The van der Waals surface area contributed by atoms with E-state index in [0.717, 1.165) is 36.1 Å². The standard InChI is InChI=1S/C27H28N2O4.CH2O2/c1-2-18-5-3-4-6-21(18)19-7-8-25-22(15-19)24(17-27(33-25)10-13-32-14-11-27)29-26(31)23-16-20(30)9-12-28-23;2-1-3/h3-9,12,15-16,24H,2,10-11,13-14,17H2,1H3,(H,28,30)(H,29,31);1H,(H,2,3). The third-order valence-electron chi connectivity index (χ3n) is 6.72. The first-order valence-electron chi connectivity index (χ1n) is 12.0. The largest absolute Gasteiger partial charge is 0.487 e. The van der Waals surface area contributed by atoms with Gasteiger partial charge in [-0.3, -0.25) is 14.4 Å². The van der Waals surface area contributed by atoms with Crippen LogP contribution in [-0.2, 0) is 16.0 Å². The van der Waals surface area contributed by atoms with Crippen LogP contribution in [0.15, 0.2) is 65.6 Å². The van der Waals surface area contributed by atoms with Crippen LogP contribution in [0.3, 0.4) is 0 Å². The third kappa shape index (κ3) is 5.49. The van der Waals surface area contributed by atoms with E-state index in [9.17, 15) is 9.59 Å². The molecule has 0 radical (unpaired) electrons. The van der Waals surface area contributed by atoms with Crippen molar-refractivity contribution in [3.05, 3.63) is 87.8 Å². The van der Waals surface area contributed by atoms with Gasteiger partial charge < -0.3 is 24.9 Å². The first-order chi connectivity index (χ1) is 17.5. The van der Waals surface area contributed by atoms with Crippen LogP contribution in [-0.4, -0.2) is 41.3 Å². The number of rotatable bonds is 4. The topological polar surface area (TPSA) is 118 Å². The van der Waals surface area contributed by atoms with Crippen LogP contribution in [0.25, 0.3) is 11.1 Å². The zero-order valence-corrected chi connectivity index (χ0v) is 20.2. The van der Waals surface area contributed by atoms with Crippen molar-refractivity contribution in [2.24, 2.45) is 0 Å². The summed E-state index contributed by atoms with van der Waals surface area (Å²) < 4.78 is 12.1. The Balaban J connectivity index is 0.000000967. The molecule has 1 amide bonds. The first-order valence-corrected chi connectivity index (χ1v) is 12.0. The highest BCUT2D eigenvalue weighted by Gasteiger charge is 2.43. The number of hydrogen-bond acceptors (Lipinski definition) is 5. The van der Waals surface area contributed by atoms with Crippen molar-refractivity contribution >= 4 is 12.4 Å². The van der Waals surface area contributed by atoms with Crippen molar-refractivity contribution in [2.75, 3.05) is 13.2 Å². The molecule has 8 heteroatoms. The predicted molar refractivity (Wildman–Crippen MR) is 135 cm³/mol. The van der Waals surface area contributed by atoms with E-state index in [2.05, 4.69) is 47.6 Å². The number of hydrogen-bond donors (Lipinski definition) is 3. The minimum absolute atomic E-state index is 0.203. The summed E-state index contributed by atoms with van der Waals surface area (Å²) in [7, 11) is 0. The Morgan fingerprint density at radius 2 is 1.92 bits per heavy atom. The fraction of sp³-hybridized carbons (Fsp3) is 0.321. The Morgan fingerprint density at radius 1 is 1.17 bits per heavy atom. The molecule has 2 aliphatic rings. The number of aryl methyl sites for hydroxylation is 1. The fourth-order valence-electron chi connectivity index (χ4n) is 4.94. The second-order valence-electron chi connectivity index (χ2n) is 8.93. The number of carbonyl (C=O) groups excluding carboxylic acids is 1. The van der Waals surface area contributed by atoms with Crippen LogP contribution < -0.4 is 15.5 Å². The maximum Gasteiger partial charge on any atom is 0.290 e. The van der Waals surface area contributed by atoms with Crippen molar-refractivity contribution in [1.82, 2.24) is 10.3 Å². The maximum absolute atomic E-state index is 13.1. The van der Waals surface area contributed by atoms with E-state index >= 15 is 0 Å². The Kier molecular flexibility index (Phi) is 7.85. The third-order valence-corrected chi connectivity index (χ3v) is 6.72. The summed E-state index contributed by atoms with van der Waals surface area (Å²) in [5.74, 6) is 0.500. The molecule has 1 saturated heterocycles. The highest BCUT2D eigenvalue weighted by atomic mass is 16.5. The molecule has 1 atom stereocenters. The number of fused-ring (bicyclic) bond motifs is 1. The predicted octanol–water partition coefficient (Wildman–Crippen LogP) is 4.11. The van der Waals surface area contributed by atoms with Gasteiger partial charge in [-0.05, 0) is 35.2 Å². The van der Waals surface area contributed by atoms with Crippen molar-refractivity contribution in [1.29, 1.82) is 0 Å². The van der Waals surface area contributed by atoms with Gasteiger partial charge >= 0.3 is 0 Å². The van der Waals surface area contributed by atoms with E-state index < -0.39 is 0 Å². The summed E-state index contributed by atoms with van der Waals surface area (Å²) in [4.78, 5) is 36.1. The van der Waals surface area contributed by atoms with Gasteiger partial charge in [0.1, 0.15) is 17.0 Å². The highest BCUT2D eigenvalue weighted by Crippen LogP contribution is 2.45. The van der Waals surface area contributed by atoms with Crippen LogP contribution in [0, 0.1) is 0 Å². The van der Waals surface area contributed by atoms with Crippen LogP contribution >= 0.6 is 0 Å². The molecule has 2 aromatic carbocycles. The molecular formula is C28H30N2O6. The number of H-pyrrole nitrogens is 1. The number of nitrogens with one attached hydrogen (secondary N) is 2. The Bertz CT molecular complexity index is 1280. The zero-order chi connectivity index (χ0) is 25.5. The van der Waals surface area contributed by atoms with Crippen LogP contribution in [0.1, 0.15) is 53.8 Å². The summed E-state index contributed by atoms with van der Waals surface area (Å²) in [5, 5.41) is 10.1. The van der Waals surface area contributed by atoms with Gasteiger partial charge in [0.25, 0.3) is 12.4 Å². The average molecular weight is 491 g/mol. The number of pyridine rings is 1. The minimum atomic E-state index is -0.365. The summed E-state index contributed by atoms with van der Waals surface area (Å²) in [6.07, 6.45) is 4.65. The lowest BCUT2D eigenvalue weighted by Gasteiger charge is -2.44. The summed E-state index contributed by atoms with van der Waals surface area (Å²) in [6, 6.07) is 17.1. The van der Waals surface area contributed by atoms with Gasteiger partial charge in [0, 0.05) is 43.2 Å². The number of amides is 1. The zero-order valence-electron chi connectivity index (χ0n) is 20.2. The Labute approximate surface area is 209 Å². The molecule has 36 heavy (non-hydrogen) atoms. The molecule has 3 aromatic rings. The number of aromatic amines is 1. The van der Waals surface area contributed by atoms with Crippen LogP contribution in [0.2, 0.25) is 0 Å². The lowest BCUT2D eigenvalue weighted by atomic mass is 9.81. The van der Waals surface area contributed by atoms with E-state index in [1.165, 1.54) is 29.5 Å². The summed E-state index contributed by atoms with van der Waals surface area (Å²) in [5.41, 5.74) is 4.21. The number of aromatic nitrogens is 1. The monoisotopic (exact) mass is 490 g/mol. The van der Waals surface area contributed by atoms with Gasteiger partial charge in [0.2, 0.25) is 0 Å². The number of carboxylic acid groups (broad SMARTS) is 1. The quantitative estimate of drug-likeness (QED) is 0.474. The van der Waals surface area contributed by atoms with Crippen molar-refractivity contribution < 1.29 is 24.2 Å². The van der Waals surface area contributed by atoms with E-state index in [1.54, 1.807) is 0 Å². The Morgan fingerprint density at radius 3 is 2.64 bits per heavy atom. The minimum Gasteiger partial charge on any atom is -0.487 e. The fourth-order valence-corrected chi connectivity index (χ4v) is 4.94. The van der Waals surface area contributed by atoms with Crippen LogP contribution in [0.5, 0.6) is 5.75 Å². The van der Waals surface area contributed by atoms with Gasteiger partial charge in [0.05, 0.1) is 19.3 Å². The smallest absolute Gasteiger partial charge is 0.290 e. The van der Waals surface area contributed by atoms with E-state index in [-0.39, 0.29) is 35.1 Å². The van der Waals surface area contributed by atoms with Crippen molar-refractivity contribution in [2.45, 2.75) is 44.2 Å². The van der Waals surface area contributed by atoms with Gasteiger partial charge in [-0.2, -0.15) is 0 Å².